The summed E-state index contributed by atoms with van der Waals surface area (Å²) < 4.78 is 60.9. The molecule has 0 unspecified atom stereocenters. The van der Waals surface area contributed by atoms with Crippen LogP contribution >= 0.6 is 58.8 Å². The molecule has 420 valence electrons. The van der Waals surface area contributed by atoms with Gasteiger partial charge in [-0.1, -0.05) is 102 Å². The lowest BCUT2D eigenvalue weighted by Gasteiger charge is -2.17. The van der Waals surface area contributed by atoms with Crippen molar-refractivity contribution in [3.05, 3.63) is 192 Å². The third kappa shape index (κ3) is 14.0. The van der Waals surface area contributed by atoms with E-state index in [1.807, 2.05) is 135 Å². The normalized spacial score (nSPS) is 14.0. The summed E-state index contributed by atoms with van der Waals surface area (Å²) in [5.41, 5.74) is 10.7. The number of rotatable bonds is 10. The number of nitrogens with one attached hydrogen (secondary N) is 3. The fraction of sp³-hybridized carbons (Fsp3) is 0.246. The van der Waals surface area contributed by atoms with Gasteiger partial charge in [-0.15, -0.1) is 11.8 Å². The van der Waals surface area contributed by atoms with Gasteiger partial charge in [0, 0.05) is 86.4 Å². The lowest BCUT2D eigenvalue weighted by Crippen LogP contribution is -2.14. The largest absolute Gasteiger partial charge is 0.488 e. The van der Waals surface area contributed by atoms with Gasteiger partial charge >= 0.3 is 0 Å². The van der Waals surface area contributed by atoms with Crippen molar-refractivity contribution in [1.29, 1.82) is 0 Å². The number of fused-ring (bicyclic) bond motifs is 4. The highest BCUT2D eigenvalue weighted by Gasteiger charge is 2.28. The number of anilines is 3. The van der Waals surface area contributed by atoms with Gasteiger partial charge in [0.05, 0.1) is 64.7 Å². The Bertz CT molecular complexity index is 3710. The van der Waals surface area contributed by atoms with Crippen LogP contribution in [0, 0.1) is 24.4 Å². The van der Waals surface area contributed by atoms with E-state index in [9.17, 15) is 13.2 Å². The molecular weight excluding hydrogens is 1130 g/mol. The first-order chi connectivity index (χ1) is 38.6. The predicted octanol–water partition coefficient (Wildman–Crippen LogP) is 16.7. The van der Waals surface area contributed by atoms with Gasteiger partial charge in [0.25, 0.3) is 0 Å². The van der Waals surface area contributed by atoms with Gasteiger partial charge in [-0.05, 0) is 98.0 Å². The van der Waals surface area contributed by atoms with Gasteiger partial charge in [-0.25, -0.2) is 28.1 Å². The second-order valence-electron chi connectivity index (χ2n) is 19.6. The first-order valence-corrected chi connectivity index (χ1v) is 28.5. The van der Waals surface area contributed by atoms with Crippen LogP contribution in [0.3, 0.4) is 0 Å². The molecule has 4 heterocycles. The van der Waals surface area contributed by atoms with Crippen LogP contribution in [0.5, 0.6) is 17.2 Å². The minimum atomic E-state index is -0.458. The molecule has 1 aromatic heterocycles. The minimum absolute atomic E-state index is 0.132. The monoisotopic (exact) mass is 1190 g/mol. The van der Waals surface area contributed by atoms with Gasteiger partial charge < -0.3 is 29.7 Å². The number of allylic oxidation sites excluding steroid dienone is 1. The molecule has 3 aliphatic rings. The molecule has 81 heavy (non-hydrogen) atoms. The predicted molar refractivity (Wildman–Crippen MR) is 332 cm³/mol. The number of ether oxygens (including phenoxy) is 3. The number of halogens is 6. The lowest BCUT2D eigenvalue weighted by atomic mass is 10.00. The van der Waals surface area contributed by atoms with E-state index in [0.29, 0.717) is 94.6 Å². The third-order valence-electron chi connectivity index (χ3n) is 12.3. The van der Waals surface area contributed by atoms with Crippen molar-refractivity contribution in [3.63, 3.8) is 0 Å². The average molecular weight is 1190 g/mol. The van der Waals surface area contributed by atoms with E-state index in [-0.39, 0.29) is 35.6 Å². The van der Waals surface area contributed by atoms with Crippen LogP contribution in [-0.2, 0) is 0 Å². The number of hydrogen-bond donors (Lipinski definition) is 3. The number of thioether (sulfide) groups is 1. The van der Waals surface area contributed by atoms with E-state index in [0.717, 1.165) is 33.3 Å². The maximum absolute atomic E-state index is 14.9. The summed E-state index contributed by atoms with van der Waals surface area (Å²) in [5.74, 6) is -0.274. The summed E-state index contributed by atoms with van der Waals surface area (Å²) in [6.45, 7) is 15.3. The topological polar surface area (TPSA) is 133 Å². The Hall–Kier alpha value is -7.15. The molecular formula is C61H59Cl3F3N9O3S2. The van der Waals surface area contributed by atoms with Crippen LogP contribution in [0.1, 0.15) is 87.5 Å². The molecule has 12 nitrogen and oxygen atoms in total. The molecule has 0 saturated carbocycles. The van der Waals surface area contributed by atoms with E-state index >= 15 is 0 Å². The Morgan fingerprint density at radius 3 is 1.53 bits per heavy atom. The second-order valence-corrected chi connectivity index (χ2v) is 22.2. The number of aliphatic imine (C=N–C) groups is 4. The molecule has 0 aliphatic carbocycles. The molecule has 3 N–H and O–H groups in total. The molecule has 0 atom stereocenters. The summed E-state index contributed by atoms with van der Waals surface area (Å²) in [6.07, 6.45) is 1.51. The number of H-pyrrole nitrogens is 1. The van der Waals surface area contributed by atoms with Crippen LogP contribution in [-0.4, -0.2) is 87.5 Å². The zero-order chi connectivity index (χ0) is 58.4. The highest BCUT2D eigenvalue weighted by Crippen LogP contribution is 2.41. The van der Waals surface area contributed by atoms with Crippen molar-refractivity contribution >= 4 is 115 Å². The van der Waals surface area contributed by atoms with Crippen molar-refractivity contribution in [2.45, 2.75) is 73.7 Å². The smallest absolute Gasteiger partial charge is 0.178 e. The van der Waals surface area contributed by atoms with Crippen molar-refractivity contribution in [3.8, 4) is 17.2 Å². The van der Waals surface area contributed by atoms with Crippen LogP contribution in [0.4, 0.5) is 41.7 Å². The van der Waals surface area contributed by atoms with Crippen molar-refractivity contribution in [2.75, 3.05) is 37.5 Å². The molecule has 0 spiro atoms. The quantitative estimate of drug-likeness (QED) is 0.114. The molecule has 0 bridgehead atoms. The van der Waals surface area contributed by atoms with E-state index in [4.69, 9.17) is 76.2 Å². The second kappa shape index (κ2) is 26.2. The van der Waals surface area contributed by atoms with Gasteiger partial charge in [-0.3, -0.25) is 10.1 Å². The first kappa shape index (κ1) is 60.0. The number of nitrogens with zero attached hydrogens (tertiary/aromatic N) is 6. The molecule has 20 heteroatoms. The Morgan fingerprint density at radius 1 is 0.605 bits per heavy atom. The van der Waals surface area contributed by atoms with Gasteiger partial charge in [0.15, 0.2) is 40.5 Å². The zero-order valence-corrected chi connectivity index (χ0v) is 50.2. The highest BCUT2D eigenvalue weighted by molar-refractivity contribution is 8.13. The van der Waals surface area contributed by atoms with Crippen molar-refractivity contribution < 1.29 is 27.4 Å². The maximum atomic E-state index is 14.9. The lowest BCUT2D eigenvalue weighted by molar-refractivity contribution is 0.231. The average Bonchev–Trinajstić information content (AvgIpc) is 3.54. The molecule has 0 radical (unpaired) electrons. The molecule has 3 aliphatic heterocycles. The molecule has 0 saturated heterocycles. The number of benzodiazepines with no additional fused rings is 1. The van der Waals surface area contributed by atoms with Crippen LogP contribution in [0.15, 0.2) is 141 Å². The maximum Gasteiger partial charge on any atom is 0.178 e. The van der Waals surface area contributed by atoms with Crippen LogP contribution < -0.4 is 24.8 Å². The Labute approximate surface area is 494 Å². The van der Waals surface area contributed by atoms with E-state index in [1.165, 1.54) is 30.0 Å². The van der Waals surface area contributed by atoms with Crippen molar-refractivity contribution in [1.82, 2.24) is 15.1 Å². The summed E-state index contributed by atoms with van der Waals surface area (Å²) in [6, 6.07) is 31.3. The van der Waals surface area contributed by atoms with E-state index in [2.05, 4.69) is 25.8 Å². The first-order valence-electron chi connectivity index (χ1n) is 25.7. The van der Waals surface area contributed by atoms with E-state index < -0.39 is 17.5 Å². The third-order valence-corrected chi connectivity index (χ3v) is 14.2. The molecule has 6 aromatic carbocycles. The van der Waals surface area contributed by atoms with Crippen molar-refractivity contribution in [2.24, 2.45) is 20.0 Å². The Morgan fingerprint density at radius 2 is 1.05 bits per heavy atom. The van der Waals surface area contributed by atoms with Crippen LogP contribution in [0.2, 0.25) is 15.1 Å². The van der Waals surface area contributed by atoms with Crippen LogP contribution in [0.25, 0.3) is 0 Å². The summed E-state index contributed by atoms with van der Waals surface area (Å²) in [7, 11) is 3.91. The summed E-state index contributed by atoms with van der Waals surface area (Å²) in [4.78, 5) is 21.7. The summed E-state index contributed by atoms with van der Waals surface area (Å²) >= 11 is 26.0. The van der Waals surface area contributed by atoms with Gasteiger partial charge in [-0.2, -0.15) is 5.10 Å². The number of benzene rings is 6. The number of thiocarbonyl (C=S) groups is 1. The van der Waals surface area contributed by atoms with Gasteiger partial charge in [0.2, 0.25) is 0 Å². The number of aryl methyl sites for hydroxylation is 1. The number of aromatic nitrogens is 2. The fourth-order valence-corrected chi connectivity index (χ4v) is 9.93. The zero-order valence-electron chi connectivity index (χ0n) is 46.3. The summed E-state index contributed by atoms with van der Waals surface area (Å²) in [5, 5.41) is 15.9. The van der Waals surface area contributed by atoms with Gasteiger partial charge in [0.1, 0.15) is 21.4 Å². The molecule has 0 amide bonds. The molecule has 0 fully saturated rings. The Balaban J connectivity index is 0.000000160. The molecule has 7 aromatic rings. The molecule has 10 rings (SSSR count). The van der Waals surface area contributed by atoms with E-state index in [1.54, 1.807) is 36.4 Å². The number of aromatic amines is 1. The fourth-order valence-electron chi connectivity index (χ4n) is 8.51. The highest BCUT2D eigenvalue weighted by atomic mass is 35.5. The standard InChI is InChI=1S/C23H25ClFN3OS.C20H18ClFN4O.C18H16ClFN2OS/c1-13(2)29-20-12-19-16(11-18(20)25)22(15-9-7-8-10-17(15)24)27-21(14(3)28(4)5)23(26-19)30-6;1-10(2)27-17-9-16-13(8-15(17)22)19(12-6-4-5-7-14(12)21)24-18-11(3)25-26-20(18)23-16;1-10(2)23-16-8-15-12(7-14(16)20)18(21-9-17(24)22-15)11-5-3-4-6-13(11)19/h7-13H,1-6H3;4-10H,1-3H3,(H2,23,25,26);3-8,10H,9H2,1-2H3,(H,22,24). The SMILES string of the molecule is CC(C)Oc1cc2c(cc1F)C(c1ccccc1Cl)=NCC(=S)N2.CSC1=Nc2cc(OC(C)C)c(F)cc2C(c2ccccc2Cl)=NC1=C(C)N(C)C.Cc1[nH]nc2c1N=C(c1ccccc1Cl)c1cc(F)c(OC(C)C)cc1N2. The Kier molecular flexibility index (Phi) is 19.4. The number of hydrogen-bond acceptors (Lipinski definition) is 12. The minimum Gasteiger partial charge on any atom is -0.488 e.